The third kappa shape index (κ3) is 4.49. The summed E-state index contributed by atoms with van der Waals surface area (Å²) in [6.07, 6.45) is 2.51. The predicted molar refractivity (Wildman–Crippen MR) is 87.9 cm³/mol. The van der Waals surface area contributed by atoms with Crippen LogP contribution in [0.25, 0.3) is 0 Å². The molecule has 1 fully saturated rings. The Balaban J connectivity index is 2.00. The van der Waals surface area contributed by atoms with Gasteiger partial charge in [-0.15, -0.1) is 0 Å². The number of hydrogen-bond acceptors (Lipinski definition) is 5. The zero-order valence-corrected chi connectivity index (χ0v) is 13.7. The van der Waals surface area contributed by atoms with Crippen LogP contribution in [0.4, 0.5) is 11.5 Å². The lowest BCUT2D eigenvalue weighted by Crippen LogP contribution is -2.37. The fourth-order valence-corrected chi connectivity index (χ4v) is 2.80. The lowest BCUT2D eigenvalue weighted by atomic mass is 9.96. The van der Waals surface area contributed by atoms with Crippen molar-refractivity contribution in [1.29, 1.82) is 0 Å². The van der Waals surface area contributed by atoms with Gasteiger partial charge >= 0.3 is 0 Å². The van der Waals surface area contributed by atoms with Crippen molar-refractivity contribution in [2.75, 3.05) is 44.4 Å². The predicted octanol–water partition coefficient (Wildman–Crippen LogP) is 2.23. The molecule has 0 bridgehead atoms. The average molecular weight is 292 g/mol. The second-order valence-corrected chi connectivity index (χ2v) is 6.42. The van der Waals surface area contributed by atoms with E-state index < -0.39 is 0 Å². The minimum Gasteiger partial charge on any atom is -0.473 e. The van der Waals surface area contributed by atoms with Crippen molar-refractivity contribution >= 4 is 11.5 Å². The van der Waals surface area contributed by atoms with Gasteiger partial charge in [0.25, 0.3) is 0 Å². The zero-order chi connectivity index (χ0) is 15.4. The molecule has 5 nitrogen and oxygen atoms in total. The summed E-state index contributed by atoms with van der Waals surface area (Å²) >= 11 is 0. The van der Waals surface area contributed by atoms with Gasteiger partial charge in [-0.2, -0.15) is 4.98 Å². The van der Waals surface area contributed by atoms with E-state index in [0.717, 1.165) is 24.8 Å². The minimum atomic E-state index is 0.0841. The van der Waals surface area contributed by atoms with Crippen LogP contribution < -0.4 is 15.4 Å². The van der Waals surface area contributed by atoms with Gasteiger partial charge < -0.3 is 20.3 Å². The number of ether oxygens (including phenoxy) is 1. The molecule has 2 rings (SSSR count). The van der Waals surface area contributed by atoms with Gasteiger partial charge in [-0.25, -0.2) is 0 Å². The Morgan fingerprint density at radius 3 is 2.57 bits per heavy atom. The smallest absolute Gasteiger partial charge is 0.239 e. The Hall–Kier alpha value is -1.49. The summed E-state index contributed by atoms with van der Waals surface area (Å²) in [4.78, 5) is 9.20. The molecule has 1 aliphatic rings. The first-order valence-electron chi connectivity index (χ1n) is 7.78. The SMILES string of the molecule is CC(C)Oc1nc(N2CCC(CN(C)C)CC2)ccc1N. The number of pyridine rings is 1. The van der Waals surface area contributed by atoms with Crippen molar-refractivity contribution in [2.24, 2.45) is 5.92 Å². The highest BCUT2D eigenvalue weighted by Crippen LogP contribution is 2.27. The fraction of sp³-hybridized carbons (Fsp3) is 0.688. The number of nitrogen functional groups attached to an aromatic ring is 1. The number of aromatic nitrogens is 1. The topological polar surface area (TPSA) is 54.6 Å². The van der Waals surface area contributed by atoms with Crippen LogP contribution >= 0.6 is 0 Å². The van der Waals surface area contributed by atoms with E-state index in [9.17, 15) is 0 Å². The van der Waals surface area contributed by atoms with E-state index in [-0.39, 0.29) is 6.10 Å². The van der Waals surface area contributed by atoms with Gasteiger partial charge in [0.1, 0.15) is 5.82 Å². The molecule has 2 N–H and O–H groups in total. The highest BCUT2D eigenvalue weighted by atomic mass is 16.5. The fourth-order valence-electron chi connectivity index (χ4n) is 2.80. The molecule has 0 aromatic carbocycles. The van der Waals surface area contributed by atoms with E-state index in [2.05, 4.69) is 28.9 Å². The summed E-state index contributed by atoms with van der Waals surface area (Å²) in [5.74, 6) is 2.32. The second-order valence-electron chi connectivity index (χ2n) is 6.42. The van der Waals surface area contributed by atoms with Gasteiger partial charge in [-0.3, -0.25) is 0 Å². The molecule has 0 amide bonds. The normalized spacial score (nSPS) is 16.8. The summed E-state index contributed by atoms with van der Waals surface area (Å²) in [6, 6.07) is 3.89. The van der Waals surface area contributed by atoms with Crippen LogP contribution in [0.1, 0.15) is 26.7 Å². The number of piperidine rings is 1. The van der Waals surface area contributed by atoms with E-state index in [1.54, 1.807) is 0 Å². The van der Waals surface area contributed by atoms with Crippen LogP contribution in [-0.2, 0) is 0 Å². The molecule has 0 spiro atoms. The Morgan fingerprint density at radius 1 is 1.33 bits per heavy atom. The van der Waals surface area contributed by atoms with Crippen molar-refractivity contribution < 1.29 is 4.74 Å². The molecular formula is C16H28N4O. The van der Waals surface area contributed by atoms with Crippen LogP contribution in [0.2, 0.25) is 0 Å². The number of hydrogen-bond donors (Lipinski definition) is 1. The molecule has 118 valence electrons. The third-order valence-corrected chi connectivity index (χ3v) is 3.78. The van der Waals surface area contributed by atoms with Gasteiger partial charge in [0.05, 0.1) is 11.8 Å². The molecule has 0 unspecified atom stereocenters. The number of rotatable bonds is 5. The molecule has 0 saturated carbocycles. The van der Waals surface area contributed by atoms with Crippen LogP contribution in [0.3, 0.4) is 0 Å². The van der Waals surface area contributed by atoms with Crippen LogP contribution in [-0.4, -0.2) is 49.7 Å². The maximum atomic E-state index is 5.93. The summed E-state index contributed by atoms with van der Waals surface area (Å²) in [5.41, 5.74) is 6.54. The quantitative estimate of drug-likeness (QED) is 0.902. The standard InChI is InChI=1S/C16H28N4O/c1-12(2)21-16-14(17)5-6-15(18-16)20-9-7-13(8-10-20)11-19(3)4/h5-6,12-13H,7-11,17H2,1-4H3. The van der Waals surface area contributed by atoms with Gasteiger partial charge in [-0.05, 0) is 58.8 Å². The van der Waals surface area contributed by atoms with Crippen molar-refractivity contribution in [1.82, 2.24) is 9.88 Å². The number of anilines is 2. The van der Waals surface area contributed by atoms with Gasteiger partial charge in [0, 0.05) is 19.6 Å². The molecule has 0 radical (unpaired) electrons. The molecule has 1 aliphatic heterocycles. The van der Waals surface area contributed by atoms with Crippen LogP contribution in [0.15, 0.2) is 12.1 Å². The van der Waals surface area contributed by atoms with Crippen LogP contribution in [0.5, 0.6) is 5.88 Å². The first-order valence-corrected chi connectivity index (χ1v) is 7.78. The Bertz CT molecular complexity index is 454. The van der Waals surface area contributed by atoms with E-state index in [1.165, 1.54) is 19.4 Å². The Labute approximate surface area is 128 Å². The maximum Gasteiger partial charge on any atom is 0.239 e. The first kappa shape index (κ1) is 15.9. The number of nitrogens with two attached hydrogens (primary N) is 1. The Kier molecular flexibility index (Phi) is 5.28. The lowest BCUT2D eigenvalue weighted by molar-refractivity contribution is 0.234. The molecule has 1 aromatic rings. The molecule has 1 saturated heterocycles. The summed E-state index contributed by atoms with van der Waals surface area (Å²) in [6.45, 7) is 7.25. The molecule has 1 aromatic heterocycles. The highest BCUT2D eigenvalue weighted by Gasteiger charge is 2.21. The zero-order valence-electron chi connectivity index (χ0n) is 13.7. The monoisotopic (exact) mass is 292 g/mol. The van der Waals surface area contributed by atoms with Crippen LogP contribution in [0, 0.1) is 5.92 Å². The van der Waals surface area contributed by atoms with Crippen molar-refractivity contribution in [3.63, 3.8) is 0 Å². The minimum absolute atomic E-state index is 0.0841. The van der Waals surface area contributed by atoms with Crippen molar-refractivity contribution in [3.05, 3.63) is 12.1 Å². The van der Waals surface area contributed by atoms with Gasteiger partial charge in [0.2, 0.25) is 5.88 Å². The largest absolute Gasteiger partial charge is 0.473 e. The first-order chi connectivity index (χ1) is 9.95. The van der Waals surface area contributed by atoms with E-state index in [4.69, 9.17) is 10.5 Å². The summed E-state index contributed by atoms with van der Waals surface area (Å²) in [5, 5.41) is 0. The maximum absolute atomic E-state index is 5.93. The van der Waals surface area contributed by atoms with Gasteiger partial charge in [-0.1, -0.05) is 0 Å². The van der Waals surface area contributed by atoms with Crippen molar-refractivity contribution in [2.45, 2.75) is 32.8 Å². The van der Waals surface area contributed by atoms with E-state index in [1.807, 2.05) is 26.0 Å². The second kappa shape index (κ2) is 6.98. The molecule has 0 aliphatic carbocycles. The number of nitrogens with zero attached hydrogens (tertiary/aromatic N) is 3. The van der Waals surface area contributed by atoms with Crippen molar-refractivity contribution in [3.8, 4) is 5.88 Å². The lowest BCUT2D eigenvalue weighted by Gasteiger charge is -2.34. The molecule has 0 atom stereocenters. The third-order valence-electron chi connectivity index (χ3n) is 3.78. The van der Waals surface area contributed by atoms with E-state index in [0.29, 0.717) is 11.6 Å². The average Bonchev–Trinajstić information content (AvgIpc) is 2.41. The molecule has 21 heavy (non-hydrogen) atoms. The van der Waals surface area contributed by atoms with Gasteiger partial charge in [0.15, 0.2) is 0 Å². The molecular weight excluding hydrogens is 264 g/mol. The summed E-state index contributed by atoms with van der Waals surface area (Å²) < 4.78 is 5.68. The summed E-state index contributed by atoms with van der Waals surface area (Å²) in [7, 11) is 4.28. The molecule has 5 heteroatoms. The molecule has 2 heterocycles. The Morgan fingerprint density at radius 2 is 2.00 bits per heavy atom. The highest BCUT2D eigenvalue weighted by molar-refractivity contribution is 5.54. The van der Waals surface area contributed by atoms with E-state index >= 15 is 0 Å².